The number of benzene rings is 1. The molecule has 2 N–H and O–H groups in total. The molecular formula is C10H11ClN2O2S. The van der Waals surface area contributed by atoms with Gasteiger partial charge < -0.3 is 15.2 Å². The molecule has 0 atom stereocenters. The maximum atomic E-state index is 6.20. The van der Waals surface area contributed by atoms with Gasteiger partial charge in [0, 0.05) is 6.07 Å². The van der Waals surface area contributed by atoms with Crippen molar-refractivity contribution in [1.82, 2.24) is 4.98 Å². The molecule has 2 rings (SSSR count). The Kier molecular flexibility index (Phi) is 3.07. The number of aromatic nitrogens is 1. The quantitative estimate of drug-likeness (QED) is 0.920. The van der Waals surface area contributed by atoms with Crippen LogP contribution in [0.25, 0.3) is 10.2 Å². The van der Waals surface area contributed by atoms with E-state index in [4.69, 9.17) is 26.8 Å². The topological polar surface area (TPSA) is 57.4 Å². The number of anilines is 1. The van der Waals surface area contributed by atoms with Gasteiger partial charge in [0.05, 0.1) is 18.4 Å². The first-order valence-electron chi connectivity index (χ1n) is 4.72. The second kappa shape index (κ2) is 4.35. The van der Waals surface area contributed by atoms with Gasteiger partial charge in [0.1, 0.15) is 22.0 Å². The van der Waals surface area contributed by atoms with Crippen LogP contribution in [-0.4, -0.2) is 18.7 Å². The summed E-state index contributed by atoms with van der Waals surface area (Å²) in [6.07, 6.45) is 0. The predicted molar refractivity (Wildman–Crippen MR) is 66.8 cm³/mol. The Balaban J connectivity index is 2.71. The molecule has 6 heteroatoms. The van der Waals surface area contributed by atoms with Crippen LogP contribution in [0.2, 0.25) is 5.02 Å². The summed E-state index contributed by atoms with van der Waals surface area (Å²) in [5.41, 5.74) is 6.34. The monoisotopic (exact) mass is 258 g/mol. The highest BCUT2D eigenvalue weighted by atomic mass is 35.5. The van der Waals surface area contributed by atoms with Crippen molar-refractivity contribution in [3.63, 3.8) is 0 Å². The Morgan fingerprint density at radius 3 is 2.88 bits per heavy atom. The third-order valence-electron chi connectivity index (χ3n) is 2.07. The second-order valence-corrected chi connectivity index (χ2v) is 4.46. The highest BCUT2D eigenvalue weighted by molar-refractivity contribution is 7.22. The zero-order chi connectivity index (χ0) is 11.7. The molecule has 1 aromatic carbocycles. The van der Waals surface area contributed by atoms with E-state index in [-0.39, 0.29) is 0 Å². The van der Waals surface area contributed by atoms with Crippen LogP contribution in [0.5, 0.6) is 11.5 Å². The number of nitrogens with zero attached hydrogens (tertiary/aromatic N) is 1. The van der Waals surface area contributed by atoms with E-state index in [0.29, 0.717) is 33.8 Å². The van der Waals surface area contributed by atoms with Crippen LogP contribution in [-0.2, 0) is 0 Å². The molecule has 1 aromatic heterocycles. The number of methoxy groups -OCH3 is 1. The van der Waals surface area contributed by atoms with Gasteiger partial charge in [0.15, 0.2) is 5.13 Å². The van der Waals surface area contributed by atoms with Crippen LogP contribution in [0.15, 0.2) is 6.07 Å². The molecular weight excluding hydrogens is 248 g/mol. The number of nitrogens with two attached hydrogens (primary N) is 1. The van der Waals surface area contributed by atoms with Crippen molar-refractivity contribution in [1.29, 1.82) is 0 Å². The van der Waals surface area contributed by atoms with Crippen molar-refractivity contribution in [2.45, 2.75) is 6.92 Å². The summed E-state index contributed by atoms with van der Waals surface area (Å²) in [6, 6.07) is 1.73. The van der Waals surface area contributed by atoms with Crippen molar-refractivity contribution < 1.29 is 9.47 Å². The zero-order valence-electron chi connectivity index (χ0n) is 8.91. The fourth-order valence-corrected chi connectivity index (χ4v) is 2.52. The van der Waals surface area contributed by atoms with Gasteiger partial charge in [-0.1, -0.05) is 22.9 Å². The van der Waals surface area contributed by atoms with Gasteiger partial charge >= 0.3 is 0 Å². The van der Waals surface area contributed by atoms with Gasteiger partial charge in [-0.3, -0.25) is 0 Å². The van der Waals surface area contributed by atoms with Gasteiger partial charge in [-0.15, -0.1) is 0 Å². The summed E-state index contributed by atoms with van der Waals surface area (Å²) >= 11 is 7.52. The second-order valence-electron chi connectivity index (χ2n) is 3.05. The normalized spacial score (nSPS) is 10.7. The number of halogens is 1. The lowest BCUT2D eigenvalue weighted by Crippen LogP contribution is -1.94. The Bertz CT molecular complexity index is 527. The van der Waals surface area contributed by atoms with E-state index in [1.54, 1.807) is 13.2 Å². The first-order valence-corrected chi connectivity index (χ1v) is 5.92. The molecule has 0 saturated heterocycles. The largest absolute Gasteiger partial charge is 0.494 e. The summed E-state index contributed by atoms with van der Waals surface area (Å²) in [5, 5.41) is 0.996. The van der Waals surface area contributed by atoms with E-state index in [2.05, 4.69) is 4.98 Å². The fourth-order valence-electron chi connectivity index (χ4n) is 1.43. The fraction of sp³-hybridized carbons (Fsp3) is 0.300. The lowest BCUT2D eigenvalue weighted by Gasteiger charge is -2.08. The van der Waals surface area contributed by atoms with Gasteiger partial charge in [-0.25, -0.2) is 4.98 Å². The highest BCUT2D eigenvalue weighted by Gasteiger charge is 2.16. The van der Waals surface area contributed by atoms with Crippen LogP contribution in [0.3, 0.4) is 0 Å². The predicted octanol–water partition coefficient (Wildman–Crippen LogP) is 2.94. The van der Waals surface area contributed by atoms with E-state index in [1.807, 2.05) is 6.92 Å². The van der Waals surface area contributed by atoms with Crippen LogP contribution in [0.4, 0.5) is 5.13 Å². The number of hydrogen-bond acceptors (Lipinski definition) is 5. The number of thiazole rings is 1. The maximum Gasteiger partial charge on any atom is 0.181 e. The molecule has 2 aromatic rings. The Labute approximate surface area is 102 Å². The van der Waals surface area contributed by atoms with E-state index >= 15 is 0 Å². The van der Waals surface area contributed by atoms with E-state index in [9.17, 15) is 0 Å². The molecule has 0 aliphatic carbocycles. The standard InChI is InChI=1S/C10H11ClN2O2S/c1-3-15-5-4-6(14-2)8-9(7(5)11)16-10(12)13-8/h4H,3H2,1-2H3,(H2,12,13). The minimum atomic E-state index is 0.462. The zero-order valence-corrected chi connectivity index (χ0v) is 10.5. The maximum absolute atomic E-state index is 6.20. The van der Waals surface area contributed by atoms with Gasteiger partial charge in [0.2, 0.25) is 0 Å². The molecule has 0 aliphatic heterocycles. The first kappa shape index (κ1) is 11.3. The van der Waals surface area contributed by atoms with E-state index in [1.165, 1.54) is 11.3 Å². The molecule has 0 bridgehead atoms. The van der Waals surface area contributed by atoms with Crippen LogP contribution >= 0.6 is 22.9 Å². The minimum absolute atomic E-state index is 0.462. The Morgan fingerprint density at radius 1 is 1.50 bits per heavy atom. The molecule has 86 valence electrons. The highest BCUT2D eigenvalue weighted by Crippen LogP contribution is 2.42. The molecule has 0 saturated carbocycles. The summed E-state index contributed by atoms with van der Waals surface area (Å²) in [7, 11) is 1.58. The number of ether oxygens (including phenoxy) is 2. The third-order valence-corrected chi connectivity index (χ3v) is 3.46. The van der Waals surface area contributed by atoms with Crippen LogP contribution < -0.4 is 15.2 Å². The van der Waals surface area contributed by atoms with Crippen molar-refractivity contribution in [3.05, 3.63) is 11.1 Å². The Morgan fingerprint density at radius 2 is 2.25 bits per heavy atom. The number of hydrogen-bond donors (Lipinski definition) is 1. The number of fused-ring (bicyclic) bond motifs is 1. The molecule has 0 spiro atoms. The summed E-state index contributed by atoms with van der Waals surface area (Å²) in [6.45, 7) is 2.44. The summed E-state index contributed by atoms with van der Waals surface area (Å²) in [4.78, 5) is 4.18. The SMILES string of the molecule is CCOc1cc(OC)c2nc(N)sc2c1Cl. The average Bonchev–Trinajstić information content (AvgIpc) is 2.65. The van der Waals surface area contributed by atoms with Gasteiger partial charge in [-0.05, 0) is 6.92 Å². The van der Waals surface area contributed by atoms with Crippen molar-refractivity contribution >= 4 is 38.3 Å². The summed E-state index contributed by atoms with van der Waals surface area (Å²) < 4.78 is 11.4. The molecule has 0 fully saturated rings. The lowest BCUT2D eigenvalue weighted by atomic mass is 10.3. The van der Waals surface area contributed by atoms with E-state index < -0.39 is 0 Å². The number of nitrogen functional groups attached to an aromatic ring is 1. The van der Waals surface area contributed by atoms with Crippen molar-refractivity contribution in [2.75, 3.05) is 19.5 Å². The molecule has 4 nitrogen and oxygen atoms in total. The smallest absolute Gasteiger partial charge is 0.181 e. The molecule has 0 radical (unpaired) electrons. The van der Waals surface area contributed by atoms with Crippen LogP contribution in [0.1, 0.15) is 6.92 Å². The summed E-state index contributed by atoms with van der Waals surface area (Å²) in [5.74, 6) is 1.22. The minimum Gasteiger partial charge on any atom is -0.494 e. The average molecular weight is 259 g/mol. The van der Waals surface area contributed by atoms with Gasteiger partial charge in [0.25, 0.3) is 0 Å². The van der Waals surface area contributed by atoms with Crippen LogP contribution in [0, 0.1) is 0 Å². The molecule has 0 aliphatic rings. The van der Waals surface area contributed by atoms with E-state index in [0.717, 1.165) is 4.70 Å². The van der Waals surface area contributed by atoms with Crippen molar-refractivity contribution in [2.24, 2.45) is 0 Å². The third kappa shape index (κ3) is 1.76. The lowest BCUT2D eigenvalue weighted by molar-refractivity contribution is 0.337. The Hall–Kier alpha value is -1.20. The van der Waals surface area contributed by atoms with Crippen molar-refractivity contribution in [3.8, 4) is 11.5 Å². The molecule has 1 heterocycles. The molecule has 0 amide bonds. The molecule has 16 heavy (non-hydrogen) atoms. The first-order chi connectivity index (χ1) is 7.67. The van der Waals surface area contributed by atoms with Gasteiger partial charge in [-0.2, -0.15) is 0 Å². The molecule has 0 unspecified atom stereocenters. The number of rotatable bonds is 3.